The van der Waals surface area contributed by atoms with Crippen molar-refractivity contribution in [1.82, 2.24) is 10.2 Å². The first-order valence-corrected chi connectivity index (χ1v) is 9.86. The first-order chi connectivity index (χ1) is 15.1. The zero-order valence-corrected chi connectivity index (χ0v) is 17.5. The zero-order valence-electron chi connectivity index (χ0n) is 17.5. The van der Waals surface area contributed by atoms with Crippen molar-refractivity contribution in [3.63, 3.8) is 0 Å². The van der Waals surface area contributed by atoms with E-state index < -0.39 is 35.3 Å². The lowest BCUT2D eigenvalue weighted by Crippen LogP contribution is -2.60. The predicted molar refractivity (Wildman–Crippen MR) is 113 cm³/mol. The van der Waals surface area contributed by atoms with E-state index in [0.29, 0.717) is 5.69 Å². The van der Waals surface area contributed by atoms with E-state index in [4.69, 9.17) is 5.26 Å². The molecule has 7 nitrogen and oxygen atoms in total. The molecule has 0 radical (unpaired) electrons. The summed E-state index contributed by atoms with van der Waals surface area (Å²) in [5.41, 5.74) is 0.239. The number of aryl methyl sites for hydroxylation is 1. The lowest BCUT2D eigenvalue weighted by molar-refractivity contribution is -0.137. The smallest absolute Gasteiger partial charge is 0.357 e. The number of rotatable bonds is 3. The van der Waals surface area contributed by atoms with Crippen LogP contribution in [0.2, 0.25) is 0 Å². The first-order valence-electron chi connectivity index (χ1n) is 9.86. The zero-order chi connectivity index (χ0) is 23.5. The number of likely N-dealkylation sites (N-methyl/N-ethyl adjacent to an activating group) is 1. The monoisotopic (exact) mass is 445 g/mol. The molecule has 168 valence electrons. The Morgan fingerprint density at radius 3 is 2.41 bits per heavy atom. The lowest BCUT2D eigenvalue weighted by Gasteiger charge is -2.41. The molecule has 1 atom stereocenters. The van der Waals surface area contributed by atoms with E-state index in [-0.39, 0.29) is 25.3 Å². The summed E-state index contributed by atoms with van der Waals surface area (Å²) < 4.78 is 40.2. The van der Waals surface area contributed by atoms with Crippen LogP contribution in [0.4, 0.5) is 29.3 Å². The Bertz CT molecular complexity index is 1050. The third-order valence-electron chi connectivity index (χ3n) is 5.28. The first kappa shape index (κ1) is 22.9. The van der Waals surface area contributed by atoms with Crippen molar-refractivity contribution in [3.05, 3.63) is 59.2 Å². The number of piperazine rings is 1. The molecule has 1 heterocycles. The Morgan fingerprint density at radius 1 is 1.12 bits per heavy atom. The Hall–Kier alpha value is -3.74. The van der Waals surface area contributed by atoms with Crippen LogP contribution in [-0.2, 0) is 11.0 Å². The van der Waals surface area contributed by atoms with Crippen LogP contribution in [0.5, 0.6) is 0 Å². The number of benzene rings is 2. The normalized spacial score (nSPS) is 16.3. The maximum absolute atomic E-state index is 13.4. The Labute approximate surface area is 183 Å². The van der Waals surface area contributed by atoms with Gasteiger partial charge in [0.05, 0.1) is 23.7 Å². The van der Waals surface area contributed by atoms with Gasteiger partial charge in [0.1, 0.15) is 6.04 Å². The van der Waals surface area contributed by atoms with Crippen LogP contribution >= 0.6 is 0 Å². The molecule has 3 rings (SSSR count). The van der Waals surface area contributed by atoms with Crippen LogP contribution in [-0.4, -0.2) is 49.6 Å². The molecule has 10 heteroatoms. The largest absolute Gasteiger partial charge is 0.417 e. The number of hydrogen-bond donors (Lipinski definition) is 2. The van der Waals surface area contributed by atoms with Crippen molar-refractivity contribution in [2.75, 3.05) is 36.9 Å². The quantitative estimate of drug-likeness (QED) is 0.759. The van der Waals surface area contributed by atoms with Gasteiger partial charge >= 0.3 is 12.2 Å². The summed E-state index contributed by atoms with van der Waals surface area (Å²) in [5.74, 6) is -0.434. The van der Waals surface area contributed by atoms with Crippen LogP contribution in [0.1, 0.15) is 16.7 Å². The second-order valence-corrected chi connectivity index (χ2v) is 7.41. The van der Waals surface area contributed by atoms with Gasteiger partial charge in [-0.25, -0.2) is 4.79 Å². The molecule has 0 bridgehead atoms. The van der Waals surface area contributed by atoms with Crippen LogP contribution in [0, 0.1) is 18.3 Å². The summed E-state index contributed by atoms with van der Waals surface area (Å²) in [5, 5.41) is 14.3. The number of amides is 3. The number of halogens is 3. The number of urea groups is 1. The van der Waals surface area contributed by atoms with Crippen molar-refractivity contribution in [3.8, 4) is 6.07 Å². The van der Waals surface area contributed by atoms with E-state index in [1.807, 2.05) is 19.1 Å². The fourth-order valence-electron chi connectivity index (χ4n) is 3.55. The van der Waals surface area contributed by atoms with Crippen LogP contribution in [0.15, 0.2) is 42.5 Å². The molecule has 2 aromatic carbocycles. The highest BCUT2D eigenvalue weighted by molar-refractivity contribution is 5.91. The van der Waals surface area contributed by atoms with E-state index in [1.54, 1.807) is 18.2 Å². The second-order valence-electron chi connectivity index (χ2n) is 7.41. The van der Waals surface area contributed by atoms with Crippen molar-refractivity contribution in [1.29, 1.82) is 5.26 Å². The number of anilines is 2. The fourth-order valence-corrected chi connectivity index (χ4v) is 3.55. The maximum Gasteiger partial charge on any atom is 0.417 e. The highest BCUT2D eigenvalue weighted by Gasteiger charge is 2.37. The predicted octanol–water partition coefficient (Wildman–Crippen LogP) is 3.35. The molecule has 0 aromatic heterocycles. The average Bonchev–Trinajstić information content (AvgIpc) is 2.78. The lowest BCUT2D eigenvalue weighted by atomic mass is 10.0. The van der Waals surface area contributed by atoms with E-state index in [9.17, 15) is 22.8 Å². The maximum atomic E-state index is 13.4. The molecule has 0 aliphatic carbocycles. The summed E-state index contributed by atoms with van der Waals surface area (Å²) in [6.45, 7) is 2.25. The van der Waals surface area contributed by atoms with Crippen LogP contribution in [0.25, 0.3) is 0 Å². The molecule has 1 unspecified atom stereocenters. The summed E-state index contributed by atoms with van der Waals surface area (Å²) in [6.07, 6.45) is -4.71. The number of alkyl halides is 3. The Morgan fingerprint density at radius 2 is 1.81 bits per heavy atom. The highest BCUT2D eigenvalue weighted by Crippen LogP contribution is 2.35. The van der Waals surface area contributed by atoms with Gasteiger partial charge in [-0.05, 0) is 37.3 Å². The molecule has 0 spiro atoms. The number of nitriles is 1. The number of carbonyl (C=O) groups excluding carboxylic acids is 2. The van der Waals surface area contributed by atoms with Crippen LogP contribution in [0.3, 0.4) is 0 Å². The summed E-state index contributed by atoms with van der Waals surface area (Å²) in [6, 6.07) is 10.8. The van der Waals surface area contributed by atoms with E-state index >= 15 is 0 Å². The van der Waals surface area contributed by atoms with Gasteiger partial charge in [-0.15, -0.1) is 0 Å². The fraction of sp³-hybridized carbons (Fsp3) is 0.318. The van der Waals surface area contributed by atoms with Gasteiger partial charge in [0.25, 0.3) is 0 Å². The van der Waals surface area contributed by atoms with Crippen molar-refractivity contribution in [2.24, 2.45) is 0 Å². The van der Waals surface area contributed by atoms with Crippen molar-refractivity contribution in [2.45, 2.75) is 19.1 Å². The summed E-state index contributed by atoms with van der Waals surface area (Å²) in [7, 11) is 1.42. The number of nitrogens with zero attached hydrogens (tertiary/aromatic N) is 3. The Kier molecular flexibility index (Phi) is 6.58. The van der Waals surface area contributed by atoms with E-state index in [2.05, 4.69) is 10.6 Å². The standard InChI is InChI=1S/C22H22F3N5O2/c1-14-3-6-16(7-4-14)28-21(32)29-9-10-30(19(13-29)20(31)27-2)17-8-5-15(12-26)18(11-17)22(23,24)25/h3-8,11,19H,9-10,13H2,1-2H3,(H,27,31)(H,28,32). The van der Waals surface area contributed by atoms with Gasteiger partial charge in [0.15, 0.2) is 0 Å². The van der Waals surface area contributed by atoms with Gasteiger partial charge in [-0.2, -0.15) is 18.4 Å². The van der Waals surface area contributed by atoms with Gasteiger partial charge in [-0.3, -0.25) is 4.79 Å². The van der Waals surface area contributed by atoms with Crippen LogP contribution < -0.4 is 15.5 Å². The van der Waals surface area contributed by atoms with Crippen molar-refractivity contribution >= 4 is 23.3 Å². The topological polar surface area (TPSA) is 88.5 Å². The third kappa shape index (κ3) is 4.94. The van der Waals surface area contributed by atoms with Gasteiger partial charge in [0.2, 0.25) is 5.91 Å². The molecule has 1 aliphatic heterocycles. The Balaban J connectivity index is 1.84. The molecule has 1 saturated heterocycles. The summed E-state index contributed by atoms with van der Waals surface area (Å²) >= 11 is 0. The number of nitrogens with one attached hydrogen (secondary N) is 2. The third-order valence-corrected chi connectivity index (χ3v) is 5.28. The molecule has 1 aliphatic rings. The molecular weight excluding hydrogens is 423 g/mol. The average molecular weight is 445 g/mol. The molecule has 32 heavy (non-hydrogen) atoms. The minimum Gasteiger partial charge on any atom is -0.357 e. The molecular formula is C22H22F3N5O2. The SMILES string of the molecule is CNC(=O)C1CN(C(=O)Nc2ccc(C)cc2)CCN1c1ccc(C#N)c(C(F)(F)F)c1. The second kappa shape index (κ2) is 9.18. The minimum atomic E-state index is -4.71. The van der Waals surface area contributed by atoms with Gasteiger partial charge in [0, 0.05) is 31.5 Å². The number of carbonyl (C=O) groups is 2. The minimum absolute atomic E-state index is 0.0152. The molecule has 0 saturated carbocycles. The molecule has 1 fully saturated rings. The van der Waals surface area contributed by atoms with E-state index in [0.717, 1.165) is 17.7 Å². The van der Waals surface area contributed by atoms with Crippen molar-refractivity contribution < 1.29 is 22.8 Å². The van der Waals surface area contributed by atoms with Gasteiger partial charge < -0.3 is 20.4 Å². The molecule has 2 N–H and O–H groups in total. The highest BCUT2D eigenvalue weighted by atomic mass is 19.4. The molecule has 3 amide bonds. The number of hydrogen-bond acceptors (Lipinski definition) is 4. The van der Waals surface area contributed by atoms with Gasteiger partial charge in [-0.1, -0.05) is 17.7 Å². The molecule has 2 aromatic rings. The van der Waals surface area contributed by atoms with E-state index in [1.165, 1.54) is 22.9 Å². The summed E-state index contributed by atoms with van der Waals surface area (Å²) in [4.78, 5) is 28.2.